The van der Waals surface area contributed by atoms with Crippen molar-refractivity contribution in [2.75, 3.05) is 19.0 Å². The summed E-state index contributed by atoms with van der Waals surface area (Å²) < 4.78 is 44.3. The highest BCUT2D eigenvalue weighted by atomic mass is 32.2. The van der Waals surface area contributed by atoms with E-state index in [-0.39, 0.29) is 29.6 Å². The van der Waals surface area contributed by atoms with E-state index in [9.17, 15) is 17.6 Å². The molecule has 0 atom stereocenters. The zero-order chi connectivity index (χ0) is 18.4. The molecule has 2 N–H and O–H groups in total. The van der Waals surface area contributed by atoms with Crippen molar-refractivity contribution in [3.8, 4) is 5.75 Å². The molecule has 8 heteroatoms. The summed E-state index contributed by atoms with van der Waals surface area (Å²) in [5.41, 5.74) is 0.957. The third kappa shape index (κ3) is 5.27. The summed E-state index contributed by atoms with van der Waals surface area (Å²) in [6, 6.07) is 10.1. The number of anilines is 1. The van der Waals surface area contributed by atoms with Crippen molar-refractivity contribution >= 4 is 21.6 Å². The molecule has 0 aromatic heterocycles. The molecule has 0 fully saturated rings. The van der Waals surface area contributed by atoms with Crippen molar-refractivity contribution in [2.24, 2.45) is 0 Å². The van der Waals surface area contributed by atoms with Crippen molar-refractivity contribution < 1.29 is 22.3 Å². The number of carbonyl (C=O) groups excluding carboxylic acids is 1. The SMILES string of the molecule is CNS(=O)(=O)c1cc(NC(=O)CCOc2ccc(F)cc2)ccc1C. The van der Waals surface area contributed by atoms with Crippen LogP contribution in [0, 0.1) is 12.7 Å². The van der Waals surface area contributed by atoms with Crippen LogP contribution in [-0.2, 0) is 14.8 Å². The summed E-state index contributed by atoms with van der Waals surface area (Å²) in [4.78, 5) is 12.1. The minimum absolute atomic E-state index is 0.0688. The van der Waals surface area contributed by atoms with E-state index in [1.807, 2.05) is 0 Å². The number of ether oxygens (including phenoxy) is 1. The second-order valence-corrected chi connectivity index (χ2v) is 7.14. The van der Waals surface area contributed by atoms with Crippen molar-refractivity contribution in [1.82, 2.24) is 4.72 Å². The number of aryl methyl sites for hydroxylation is 1. The molecule has 0 bridgehead atoms. The standard InChI is InChI=1S/C17H19FN2O4S/c1-12-3-6-14(11-16(12)25(22,23)19-2)20-17(21)9-10-24-15-7-4-13(18)5-8-15/h3-8,11,19H,9-10H2,1-2H3,(H,20,21). The fraction of sp³-hybridized carbons (Fsp3) is 0.235. The summed E-state index contributed by atoms with van der Waals surface area (Å²) in [7, 11) is -2.27. The first-order chi connectivity index (χ1) is 11.8. The van der Waals surface area contributed by atoms with Gasteiger partial charge in [0.15, 0.2) is 0 Å². The van der Waals surface area contributed by atoms with Gasteiger partial charge in [-0.2, -0.15) is 0 Å². The van der Waals surface area contributed by atoms with Gasteiger partial charge < -0.3 is 10.1 Å². The zero-order valence-corrected chi connectivity index (χ0v) is 14.7. The van der Waals surface area contributed by atoms with Gasteiger partial charge in [0.25, 0.3) is 0 Å². The van der Waals surface area contributed by atoms with Crippen LogP contribution in [0.4, 0.5) is 10.1 Å². The van der Waals surface area contributed by atoms with Crippen LogP contribution in [0.15, 0.2) is 47.4 Å². The molecule has 0 aliphatic rings. The molecule has 6 nitrogen and oxygen atoms in total. The largest absolute Gasteiger partial charge is 0.493 e. The van der Waals surface area contributed by atoms with Gasteiger partial charge in [-0.1, -0.05) is 6.07 Å². The van der Waals surface area contributed by atoms with Crippen LogP contribution in [-0.4, -0.2) is 28.0 Å². The Labute approximate surface area is 146 Å². The number of nitrogens with one attached hydrogen (secondary N) is 2. The Hall–Kier alpha value is -2.45. The number of halogens is 1. The third-order valence-electron chi connectivity index (χ3n) is 3.44. The van der Waals surface area contributed by atoms with E-state index in [1.54, 1.807) is 19.1 Å². The second-order valence-electron chi connectivity index (χ2n) is 5.29. The number of carbonyl (C=O) groups is 1. The highest BCUT2D eigenvalue weighted by Gasteiger charge is 2.15. The van der Waals surface area contributed by atoms with Crippen LogP contribution in [0.2, 0.25) is 0 Å². The summed E-state index contributed by atoms with van der Waals surface area (Å²) in [5, 5.41) is 2.63. The number of rotatable bonds is 7. The first-order valence-electron chi connectivity index (χ1n) is 7.54. The van der Waals surface area contributed by atoms with Gasteiger partial charge in [0.1, 0.15) is 11.6 Å². The smallest absolute Gasteiger partial charge is 0.240 e. The van der Waals surface area contributed by atoms with E-state index in [4.69, 9.17) is 4.74 Å². The Bertz CT molecular complexity index is 851. The summed E-state index contributed by atoms with van der Waals surface area (Å²) in [5.74, 6) is -0.220. The third-order valence-corrected chi connectivity index (χ3v) is 5.00. The lowest BCUT2D eigenvalue weighted by atomic mass is 10.2. The Morgan fingerprint density at radius 2 is 1.84 bits per heavy atom. The zero-order valence-electron chi connectivity index (χ0n) is 13.9. The predicted octanol–water partition coefficient (Wildman–Crippen LogP) is 2.45. The molecular formula is C17H19FN2O4S. The summed E-state index contributed by atoms with van der Waals surface area (Å²) in [6.07, 6.45) is 0.0688. The van der Waals surface area contributed by atoms with Crippen LogP contribution in [0.1, 0.15) is 12.0 Å². The molecule has 25 heavy (non-hydrogen) atoms. The van der Waals surface area contributed by atoms with Crippen molar-refractivity contribution in [1.29, 1.82) is 0 Å². The Balaban J connectivity index is 1.94. The van der Waals surface area contributed by atoms with Crippen LogP contribution < -0.4 is 14.8 Å². The molecule has 2 rings (SSSR count). The highest BCUT2D eigenvalue weighted by Crippen LogP contribution is 2.20. The lowest BCUT2D eigenvalue weighted by Crippen LogP contribution is -2.20. The lowest BCUT2D eigenvalue weighted by molar-refractivity contribution is -0.116. The van der Waals surface area contributed by atoms with Crippen LogP contribution in [0.5, 0.6) is 5.75 Å². The Morgan fingerprint density at radius 1 is 1.16 bits per heavy atom. The van der Waals surface area contributed by atoms with Gasteiger partial charge in [-0.05, 0) is 55.9 Å². The van der Waals surface area contributed by atoms with E-state index < -0.39 is 10.0 Å². The number of hydrogen-bond acceptors (Lipinski definition) is 4. The van der Waals surface area contributed by atoms with Crippen LogP contribution >= 0.6 is 0 Å². The number of hydrogen-bond donors (Lipinski definition) is 2. The van der Waals surface area contributed by atoms with Crippen molar-refractivity contribution in [3.05, 3.63) is 53.8 Å². The highest BCUT2D eigenvalue weighted by molar-refractivity contribution is 7.89. The minimum atomic E-state index is -3.60. The van der Waals surface area contributed by atoms with Gasteiger partial charge in [-0.25, -0.2) is 17.5 Å². The first kappa shape index (κ1) is 18.9. The number of amides is 1. The predicted molar refractivity (Wildman–Crippen MR) is 92.6 cm³/mol. The molecule has 0 saturated heterocycles. The summed E-state index contributed by atoms with van der Waals surface area (Å²) in [6.45, 7) is 1.79. The number of sulfonamides is 1. The van der Waals surface area contributed by atoms with Gasteiger partial charge in [0, 0.05) is 5.69 Å². The minimum Gasteiger partial charge on any atom is -0.493 e. The average Bonchev–Trinajstić information content (AvgIpc) is 2.58. The van der Waals surface area contributed by atoms with E-state index in [2.05, 4.69) is 10.0 Å². The van der Waals surface area contributed by atoms with Gasteiger partial charge in [0.05, 0.1) is 17.9 Å². The van der Waals surface area contributed by atoms with E-state index in [0.717, 1.165) is 0 Å². The number of benzene rings is 2. The molecule has 2 aromatic carbocycles. The van der Waals surface area contributed by atoms with Gasteiger partial charge in [0.2, 0.25) is 15.9 Å². The average molecular weight is 366 g/mol. The molecule has 0 radical (unpaired) electrons. The second kappa shape index (κ2) is 8.09. The molecule has 134 valence electrons. The van der Waals surface area contributed by atoms with Crippen LogP contribution in [0.25, 0.3) is 0 Å². The van der Waals surface area contributed by atoms with Gasteiger partial charge >= 0.3 is 0 Å². The maximum atomic E-state index is 12.8. The molecule has 1 amide bonds. The molecule has 0 spiro atoms. The van der Waals surface area contributed by atoms with Gasteiger partial charge in [-0.3, -0.25) is 4.79 Å². The van der Waals surface area contributed by atoms with Gasteiger partial charge in [-0.15, -0.1) is 0 Å². The maximum Gasteiger partial charge on any atom is 0.240 e. The molecule has 2 aromatic rings. The Kier molecular flexibility index (Phi) is 6.11. The summed E-state index contributed by atoms with van der Waals surface area (Å²) >= 11 is 0. The fourth-order valence-corrected chi connectivity index (χ4v) is 3.09. The quantitative estimate of drug-likeness (QED) is 0.788. The molecule has 0 heterocycles. The van der Waals surface area contributed by atoms with E-state index in [1.165, 1.54) is 37.4 Å². The molecule has 0 aliphatic carbocycles. The maximum absolute atomic E-state index is 12.8. The molecular weight excluding hydrogens is 347 g/mol. The molecule has 0 saturated carbocycles. The molecule has 0 aliphatic heterocycles. The van der Waals surface area contributed by atoms with E-state index in [0.29, 0.717) is 17.0 Å². The van der Waals surface area contributed by atoms with E-state index >= 15 is 0 Å². The Morgan fingerprint density at radius 3 is 2.48 bits per heavy atom. The monoisotopic (exact) mass is 366 g/mol. The fourth-order valence-electron chi connectivity index (χ4n) is 2.09. The molecule has 0 unspecified atom stereocenters. The van der Waals surface area contributed by atoms with Crippen molar-refractivity contribution in [2.45, 2.75) is 18.2 Å². The van der Waals surface area contributed by atoms with Crippen LogP contribution in [0.3, 0.4) is 0 Å². The van der Waals surface area contributed by atoms with Crippen molar-refractivity contribution in [3.63, 3.8) is 0 Å². The first-order valence-corrected chi connectivity index (χ1v) is 9.02. The lowest BCUT2D eigenvalue weighted by Gasteiger charge is -2.11. The topological polar surface area (TPSA) is 84.5 Å². The normalized spacial score (nSPS) is 11.2.